The maximum atomic E-state index is 13.2. The lowest BCUT2D eigenvalue weighted by molar-refractivity contribution is -0.143. The van der Waals surface area contributed by atoms with Crippen LogP contribution in [-0.2, 0) is 28.8 Å². The third kappa shape index (κ3) is 16.3. The third-order valence-corrected chi connectivity index (χ3v) is 7.43. The van der Waals surface area contributed by atoms with Gasteiger partial charge in [-0.05, 0) is 43.6 Å². The summed E-state index contributed by atoms with van der Waals surface area (Å²) in [5.41, 5.74) is 16.5. The zero-order chi connectivity index (χ0) is 33.1. The molecule has 0 spiro atoms. The molecule has 0 saturated carbocycles. The van der Waals surface area contributed by atoms with Crippen LogP contribution in [0.3, 0.4) is 0 Å². The van der Waals surface area contributed by atoms with Crippen molar-refractivity contribution < 1.29 is 39.0 Å². The van der Waals surface area contributed by atoms with Gasteiger partial charge in [-0.2, -0.15) is 24.4 Å². The summed E-state index contributed by atoms with van der Waals surface area (Å²) in [6, 6.07) is -5.82. The summed E-state index contributed by atoms with van der Waals surface area (Å²) in [7, 11) is 0. The number of thioether (sulfide) groups is 1. The number of nitrogens with zero attached hydrogens (tertiary/aromatic N) is 1. The average Bonchev–Trinajstić information content (AvgIpc) is 2.95. The van der Waals surface area contributed by atoms with Crippen LogP contribution in [0.25, 0.3) is 0 Å². The Hall–Kier alpha value is -3.25. The Morgan fingerprint density at radius 3 is 1.95 bits per heavy atom. The molecule has 0 radical (unpaired) electrons. The molecule has 18 heteroatoms. The summed E-state index contributed by atoms with van der Waals surface area (Å²) in [5.74, 6) is -5.61. The number of hydrogen-bond donors (Lipinski definition) is 10. The number of aliphatic imine (C=N–C) groups is 1. The lowest BCUT2D eigenvalue weighted by atomic mass is 9.97. The molecule has 0 aliphatic rings. The lowest BCUT2D eigenvalue weighted by Crippen LogP contribution is -2.60. The highest BCUT2D eigenvalue weighted by Gasteiger charge is 2.33. The van der Waals surface area contributed by atoms with Crippen molar-refractivity contribution >= 4 is 65.9 Å². The second-order valence-electron chi connectivity index (χ2n) is 9.85. The van der Waals surface area contributed by atoms with E-state index in [0.29, 0.717) is 18.6 Å². The van der Waals surface area contributed by atoms with Crippen LogP contribution < -0.4 is 38.5 Å². The Morgan fingerprint density at radius 1 is 0.860 bits per heavy atom. The number of guanidine groups is 1. The molecule has 0 aliphatic heterocycles. The van der Waals surface area contributed by atoms with Gasteiger partial charge in [0.25, 0.3) is 0 Å². The normalized spacial score (nSPS) is 15.0. The monoisotopic (exact) mass is 650 g/mol. The molecule has 12 N–H and O–H groups in total. The van der Waals surface area contributed by atoms with Crippen molar-refractivity contribution in [2.75, 3.05) is 24.3 Å². The number of thiol groups is 1. The molecule has 16 nitrogen and oxygen atoms in total. The first-order valence-electron chi connectivity index (χ1n) is 13.7. The van der Waals surface area contributed by atoms with Crippen LogP contribution in [0.5, 0.6) is 0 Å². The Morgan fingerprint density at radius 2 is 1.44 bits per heavy atom. The number of nitrogens with two attached hydrogens (primary N) is 3. The molecule has 6 atom stereocenters. The molecule has 0 rings (SSSR count). The number of hydrogen-bond acceptors (Lipinski definition) is 10. The molecule has 0 aromatic carbocycles. The number of amides is 4. The molecule has 0 fully saturated rings. The molecule has 246 valence electrons. The summed E-state index contributed by atoms with van der Waals surface area (Å²) >= 11 is 5.61. The maximum absolute atomic E-state index is 13.2. The third-order valence-electron chi connectivity index (χ3n) is 6.42. The quantitative estimate of drug-likeness (QED) is 0.0263. The fourth-order valence-corrected chi connectivity index (χ4v) is 4.37. The summed E-state index contributed by atoms with van der Waals surface area (Å²) in [5, 5.41) is 28.3. The van der Waals surface area contributed by atoms with Gasteiger partial charge in [0.1, 0.15) is 24.2 Å². The van der Waals surface area contributed by atoms with Gasteiger partial charge in [0.05, 0.1) is 6.04 Å². The lowest BCUT2D eigenvalue weighted by Gasteiger charge is -2.28. The largest absolute Gasteiger partial charge is 0.481 e. The van der Waals surface area contributed by atoms with Gasteiger partial charge in [-0.15, -0.1) is 0 Å². The van der Waals surface area contributed by atoms with Crippen LogP contribution >= 0.6 is 24.4 Å². The smallest absolute Gasteiger partial charge is 0.326 e. The molecular weight excluding hydrogens is 604 g/mol. The highest BCUT2D eigenvalue weighted by Crippen LogP contribution is 2.11. The van der Waals surface area contributed by atoms with Crippen molar-refractivity contribution in [3.8, 4) is 0 Å². The van der Waals surface area contributed by atoms with E-state index in [1.165, 1.54) is 11.8 Å². The molecule has 0 aromatic heterocycles. The van der Waals surface area contributed by atoms with Gasteiger partial charge in [0.2, 0.25) is 23.6 Å². The van der Waals surface area contributed by atoms with Crippen molar-refractivity contribution in [2.24, 2.45) is 28.1 Å². The van der Waals surface area contributed by atoms with Gasteiger partial charge >= 0.3 is 11.9 Å². The highest BCUT2D eigenvalue weighted by molar-refractivity contribution is 7.98. The molecule has 4 amide bonds. The van der Waals surface area contributed by atoms with Gasteiger partial charge in [-0.1, -0.05) is 20.3 Å². The Kier molecular flexibility index (Phi) is 19.8. The predicted octanol–water partition coefficient (Wildman–Crippen LogP) is -2.02. The summed E-state index contributed by atoms with van der Waals surface area (Å²) < 4.78 is 0. The number of nitrogens with one attached hydrogen (secondary N) is 4. The second kappa shape index (κ2) is 21.4. The van der Waals surface area contributed by atoms with E-state index in [0.717, 1.165) is 0 Å². The SMILES string of the molecule is CC[C@H](C)[C@H](NC(=O)[C@H](CS)NC(=O)[C@H](CCSC)NC(=O)[C@@H](N)CCCN=C(N)N)C(=O)N[C@@H](CCC(=O)O)C(=O)O. The second-order valence-corrected chi connectivity index (χ2v) is 11.2. The minimum absolute atomic E-state index is 0.0779. The van der Waals surface area contributed by atoms with E-state index < -0.39 is 78.1 Å². The topological polar surface area (TPSA) is 281 Å². The number of carbonyl (C=O) groups is 6. The Bertz CT molecular complexity index is 983. The van der Waals surface area contributed by atoms with E-state index in [2.05, 4.69) is 38.9 Å². The van der Waals surface area contributed by atoms with Crippen molar-refractivity contribution in [3.05, 3.63) is 0 Å². The summed E-state index contributed by atoms with van der Waals surface area (Å²) in [6.45, 7) is 3.71. The molecule has 0 aliphatic carbocycles. The molecule has 43 heavy (non-hydrogen) atoms. The molecule has 0 saturated heterocycles. The average molecular weight is 651 g/mol. The van der Waals surface area contributed by atoms with Crippen LogP contribution in [0.1, 0.15) is 52.4 Å². The van der Waals surface area contributed by atoms with E-state index in [9.17, 15) is 33.9 Å². The summed E-state index contributed by atoms with van der Waals surface area (Å²) in [4.78, 5) is 78.2. The van der Waals surface area contributed by atoms with E-state index in [4.69, 9.17) is 22.3 Å². The Balaban J connectivity index is 5.54. The van der Waals surface area contributed by atoms with Crippen LogP contribution in [0, 0.1) is 5.92 Å². The predicted molar refractivity (Wildman–Crippen MR) is 166 cm³/mol. The zero-order valence-electron chi connectivity index (χ0n) is 24.7. The fraction of sp³-hybridized carbons (Fsp3) is 0.720. The van der Waals surface area contributed by atoms with Gasteiger partial charge in [-0.25, -0.2) is 4.79 Å². The highest BCUT2D eigenvalue weighted by atomic mass is 32.2. The maximum Gasteiger partial charge on any atom is 0.326 e. The van der Waals surface area contributed by atoms with E-state index >= 15 is 0 Å². The number of carbonyl (C=O) groups excluding carboxylic acids is 4. The number of rotatable bonds is 22. The Labute approximate surface area is 260 Å². The van der Waals surface area contributed by atoms with Crippen molar-refractivity contribution in [2.45, 2.75) is 82.6 Å². The molecule has 0 bridgehead atoms. The van der Waals surface area contributed by atoms with Crippen LogP contribution in [0.4, 0.5) is 0 Å². The van der Waals surface area contributed by atoms with E-state index in [-0.39, 0.29) is 37.5 Å². The van der Waals surface area contributed by atoms with Gasteiger partial charge in [0.15, 0.2) is 5.96 Å². The number of carboxylic acids is 2. The number of carboxylic acid groups (broad SMARTS) is 2. The van der Waals surface area contributed by atoms with E-state index in [1.807, 2.05) is 6.26 Å². The first-order chi connectivity index (χ1) is 20.2. The molecule has 0 unspecified atom stereocenters. The van der Waals surface area contributed by atoms with Gasteiger partial charge < -0.3 is 48.7 Å². The van der Waals surface area contributed by atoms with Crippen LogP contribution in [-0.4, -0.2) is 106 Å². The fourth-order valence-electron chi connectivity index (χ4n) is 3.64. The molecule has 0 aromatic rings. The van der Waals surface area contributed by atoms with Crippen LogP contribution in [0.15, 0.2) is 4.99 Å². The van der Waals surface area contributed by atoms with Crippen LogP contribution in [0.2, 0.25) is 0 Å². The van der Waals surface area contributed by atoms with Crippen molar-refractivity contribution in [1.29, 1.82) is 0 Å². The minimum atomic E-state index is -1.48. The molecule has 0 heterocycles. The zero-order valence-corrected chi connectivity index (χ0v) is 26.4. The number of aliphatic carboxylic acids is 2. The first kappa shape index (κ1) is 39.8. The van der Waals surface area contributed by atoms with Gasteiger partial charge in [-0.3, -0.25) is 29.0 Å². The first-order valence-corrected chi connectivity index (χ1v) is 15.8. The standard InChI is InChI=1S/C25H46N8O8S2/c1-4-13(2)19(23(39)31-16(24(40)41)7-8-18(34)35)33-22(38)17(12-42)32-21(37)15(9-11-43-3)30-20(36)14(26)6-5-10-29-25(27)28/h13-17,19,42H,4-12,26H2,1-3H3,(H,30,36)(H,31,39)(H,32,37)(H,33,38)(H,34,35)(H,40,41)(H4,27,28,29)/t13-,14-,15-,16-,17-,19-/m0/s1. The summed E-state index contributed by atoms with van der Waals surface area (Å²) in [6.07, 6.45) is 2.36. The van der Waals surface area contributed by atoms with E-state index in [1.54, 1.807) is 13.8 Å². The molecular formula is C25H46N8O8S2. The van der Waals surface area contributed by atoms with Crippen molar-refractivity contribution in [1.82, 2.24) is 21.3 Å². The van der Waals surface area contributed by atoms with Gasteiger partial charge in [0, 0.05) is 18.7 Å². The van der Waals surface area contributed by atoms with Crippen molar-refractivity contribution in [3.63, 3.8) is 0 Å². The minimum Gasteiger partial charge on any atom is -0.481 e.